The fourth-order valence-electron chi connectivity index (χ4n) is 10.7. The zero-order valence-electron chi connectivity index (χ0n) is 39.1. The summed E-state index contributed by atoms with van der Waals surface area (Å²) in [6, 6.07) is 93.2. The van der Waals surface area contributed by atoms with Gasteiger partial charge in [0.05, 0.1) is 22.1 Å². The molecule has 0 bridgehead atoms. The van der Waals surface area contributed by atoms with Crippen molar-refractivity contribution in [3.8, 4) is 78.9 Å². The maximum absolute atomic E-state index is 5.31. The summed E-state index contributed by atoms with van der Waals surface area (Å²) in [6.07, 6.45) is 0. The highest BCUT2D eigenvalue weighted by Crippen LogP contribution is 2.40. The summed E-state index contributed by atoms with van der Waals surface area (Å²) >= 11 is 0. The van der Waals surface area contributed by atoms with Gasteiger partial charge in [0.1, 0.15) is 0 Å². The summed E-state index contributed by atoms with van der Waals surface area (Å²) in [5, 5.41) is 7.08. The summed E-state index contributed by atoms with van der Waals surface area (Å²) in [5.41, 5.74) is 16.6. The lowest BCUT2D eigenvalue weighted by atomic mass is 9.98. The van der Waals surface area contributed by atoms with E-state index in [0.717, 1.165) is 66.4 Å². The van der Waals surface area contributed by atoms with Crippen molar-refractivity contribution in [1.29, 1.82) is 0 Å². The van der Waals surface area contributed by atoms with E-state index in [4.69, 9.17) is 15.0 Å². The van der Waals surface area contributed by atoms with Gasteiger partial charge < -0.3 is 4.57 Å². The van der Waals surface area contributed by atoms with Crippen LogP contribution in [-0.2, 0) is 0 Å². The molecule has 0 unspecified atom stereocenters. The smallest absolute Gasteiger partial charge is 0.238 e. The molecule has 11 aromatic carbocycles. The van der Waals surface area contributed by atoms with Gasteiger partial charge in [0, 0.05) is 38.4 Å². The van der Waals surface area contributed by atoms with Crippen LogP contribution in [0.4, 0.5) is 0 Å². The third-order valence-electron chi connectivity index (χ3n) is 14.1. The molecule has 0 radical (unpaired) electrons. The number of hydrogen-bond donors (Lipinski definition) is 0. The van der Waals surface area contributed by atoms with Crippen LogP contribution in [0.3, 0.4) is 0 Å². The van der Waals surface area contributed by atoms with Crippen molar-refractivity contribution in [2.75, 3.05) is 0 Å². The number of para-hydroxylation sites is 2. The number of fused-ring (bicyclic) bond motifs is 7. The third kappa shape index (κ3) is 7.14. The van der Waals surface area contributed by atoms with Crippen LogP contribution >= 0.6 is 0 Å². The Morgan fingerprint density at radius 3 is 1.29 bits per heavy atom. The highest BCUT2D eigenvalue weighted by Gasteiger charge is 2.20. The number of nitrogens with zero attached hydrogens (tertiary/aromatic N) is 5. The molecule has 0 saturated heterocycles. The molecule has 5 heteroatoms. The SMILES string of the molecule is c1ccc(-c2cc(-c3ccccc3)cc(-n3c4ccccc4c4cc(-c5ccc6c(c5)c5ccccc5n6-c5nc(-c6ccccc6)nc(-c6cccc(-c7ccc8ccccc8c7)c6)n5)ccc43)c2)cc1. The number of rotatable bonds is 8. The van der Waals surface area contributed by atoms with Crippen molar-refractivity contribution in [3.05, 3.63) is 261 Å². The monoisotopic (exact) mass is 917 g/mol. The Kier molecular flexibility index (Phi) is 9.78. The van der Waals surface area contributed by atoms with Gasteiger partial charge in [-0.25, -0.2) is 4.98 Å². The van der Waals surface area contributed by atoms with Gasteiger partial charge >= 0.3 is 0 Å². The molecule has 5 nitrogen and oxygen atoms in total. The molecular formula is C67H43N5. The summed E-state index contributed by atoms with van der Waals surface area (Å²) in [4.78, 5) is 15.7. The molecule has 14 aromatic rings. The Morgan fingerprint density at radius 2 is 0.653 bits per heavy atom. The van der Waals surface area contributed by atoms with Crippen LogP contribution in [0, 0.1) is 0 Å². The number of benzene rings is 11. The Labute approximate surface area is 416 Å². The fraction of sp³-hybridized carbons (Fsp3) is 0. The first-order valence-electron chi connectivity index (χ1n) is 24.4. The molecule has 0 fully saturated rings. The third-order valence-corrected chi connectivity index (χ3v) is 14.1. The van der Waals surface area contributed by atoms with Crippen molar-refractivity contribution >= 4 is 54.4 Å². The van der Waals surface area contributed by atoms with Crippen molar-refractivity contribution in [1.82, 2.24) is 24.1 Å². The Hall–Kier alpha value is -9.71. The minimum Gasteiger partial charge on any atom is -0.309 e. The standard InChI is InChI=1S/C67H43N5/c1-4-17-44(18-5-1)54-39-55(45-19-6-2-7-20-45)41-56(40-54)71-61-29-14-12-27-57(61)59-42-51(33-35-63(59)71)52-34-36-64-60(43-52)58-28-13-15-30-62(58)72(64)67-69-65(47-22-8-3-9-23-47)68-66(70-67)53-26-16-25-49(38-53)50-32-31-46-21-10-11-24-48(46)37-50/h1-43H. The van der Waals surface area contributed by atoms with E-state index in [0.29, 0.717) is 17.6 Å². The molecule has 0 atom stereocenters. The fourth-order valence-corrected chi connectivity index (χ4v) is 10.7. The zero-order valence-corrected chi connectivity index (χ0v) is 39.1. The topological polar surface area (TPSA) is 48.5 Å². The van der Waals surface area contributed by atoms with Crippen LogP contribution in [-0.4, -0.2) is 24.1 Å². The van der Waals surface area contributed by atoms with E-state index in [1.165, 1.54) is 49.3 Å². The molecule has 0 aliphatic heterocycles. The van der Waals surface area contributed by atoms with Crippen LogP contribution in [0.2, 0.25) is 0 Å². The van der Waals surface area contributed by atoms with Gasteiger partial charge in [0.15, 0.2) is 11.6 Å². The predicted molar refractivity (Wildman–Crippen MR) is 299 cm³/mol. The van der Waals surface area contributed by atoms with E-state index in [1.54, 1.807) is 0 Å². The lowest BCUT2D eigenvalue weighted by Crippen LogP contribution is -2.06. The van der Waals surface area contributed by atoms with Gasteiger partial charge in [0.25, 0.3) is 0 Å². The van der Waals surface area contributed by atoms with E-state index in [2.05, 4.69) is 252 Å². The minimum absolute atomic E-state index is 0.565. The molecule has 0 saturated carbocycles. The Bertz CT molecular complexity index is 4320. The quantitative estimate of drug-likeness (QED) is 0.153. The maximum atomic E-state index is 5.31. The first kappa shape index (κ1) is 41.3. The van der Waals surface area contributed by atoms with Crippen molar-refractivity contribution < 1.29 is 0 Å². The Morgan fingerprint density at radius 1 is 0.222 bits per heavy atom. The highest BCUT2D eigenvalue weighted by atomic mass is 15.2. The molecule has 0 aliphatic carbocycles. The van der Waals surface area contributed by atoms with Crippen LogP contribution in [0.15, 0.2) is 261 Å². The lowest BCUT2D eigenvalue weighted by molar-refractivity contribution is 0.953. The molecule has 3 heterocycles. The van der Waals surface area contributed by atoms with Crippen LogP contribution in [0.1, 0.15) is 0 Å². The highest BCUT2D eigenvalue weighted by molar-refractivity contribution is 6.13. The Balaban J connectivity index is 0.906. The van der Waals surface area contributed by atoms with Gasteiger partial charge in [-0.2, -0.15) is 9.97 Å². The van der Waals surface area contributed by atoms with Crippen LogP contribution < -0.4 is 0 Å². The van der Waals surface area contributed by atoms with Gasteiger partial charge in [-0.1, -0.05) is 194 Å². The normalized spacial score (nSPS) is 11.6. The largest absolute Gasteiger partial charge is 0.309 e. The molecule has 14 rings (SSSR count). The molecule has 0 aliphatic rings. The summed E-state index contributed by atoms with van der Waals surface area (Å²) < 4.78 is 4.62. The summed E-state index contributed by atoms with van der Waals surface area (Å²) in [5.74, 6) is 1.79. The van der Waals surface area contributed by atoms with Crippen LogP contribution in [0.5, 0.6) is 0 Å². The average molecular weight is 918 g/mol. The van der Waals surface area contributed by atoms with E-state index in [9.17, 15) is 0 Å². The molecule has 0 amide bonds. The van der Waals surface area contributed by atoms with Gasteiger partial charge in [-0.05, 0) is 122 Å². The number of hydrogen-bond acceptors (Lipinski definition) is 3. The zero-order chi connectivity index (χ0) is 47.5. The van der Waals surface area contributed by atoms with E-state index < -0.39 is 0 Å². The second-order valence-corrected chi connectivity index (χ2v) is 18.5. The number of aromatic nitrogens is 5. The maximum Gasteiger partial charge on any atom is 0.238 e. The molecule has 0 N–H and O–H groups in total. The lowest BCUT2D eigenvalue weighted by Gasteiger charge is -2.14. The molecule has 336 valence electrons. The molecule has 0 spiro atoms. The summed E-state index contributed by atoms with van der Waals surface area (Å²) in [7, 11) is 0. The first-order chi connectivity index (χ1) is 35.7. The molecule has 3 aromatic heterocycles. The minimum atomic E-state index is 0.565. The first-order valence-corrected chi connectivity index (χ1v) is 24.4. The van der Waals surface area contributed by atoms with Gasteiger partial charge in [-0.15, -0.1) is 0 Å². The van der Waals surface area contributed by atoms with Gasteiger partial charge in [0.2, 0.25) is 5.95 Å². The van der Waals surface area contributed by atoms with E-state index in [-0.39, 0.29) is 0 Å². The van der Waals surface area contributed by atoms with Crippen molar-refractivity contribution in [2.24, 2.45) is 0 Å². The van der Waals surface area contributed by atoms with Crippen molar-refractivity contribution in [3.63, 3.8) is 0 Å². The van der Waals surface area contributed by atoms with E-state index in [1.807, 2.05) is 18.2 Å². The molecular weight excluding hydrogens is 875 g/mol. The average Bonchev–Trinajstić information content (AvgIpc) is 3.98. The van der Waals surface area contributed by atoms with Crippen molar-refractivity contribution in [2.45, 2.75) is 0 Å². The second kappa shape index (κ2) is 17.1. The van der Waals surface area contributed by atoms with Crippen LogP contribution in [0.25, 0.3) is 133 Å². The second-order valence-electron chi connectivity index (χ2n) is 18.5. The summed E-state index contributed by atoms with van der Waals surface area (Å²) in [6.45, 7) is 0. The van der Waals surface area contributed by atoms with E-state index >= 15 is 0 Å². The molecule has 72 heavy (non-hydrogen) atoms. The predicted octanol–water partition coefficient (Wildman–Crippen LogP) is 17.2. The van der Waals surface area contributed by atoms with Gasteiger partial charge in [-0.3, -0.25) is 4.57 Å².